The van der Waals surface area contributed by atoms with Gasteiger partial charge >= 0.3 is 0 Å². The zero-order valence-corrected chi connectivity index (χ0v) is 7.82. The molecule has 0 unspecified atom stereocenters. The lowest BCUT2D eigenvalue weighted by molar-refractivity contribution is 0.638. The summed E-state index contributed by atoms with van der Waals surface area (Å²) in [6, 6.07) is 0. The van der Waals surface area contributed by atoms with Crippen LogP contribution in [0.2, 0.25) is 0 Å². The standard InChI is InChI=1S/C8H14N2S/c1-3-6(4-2)8-10-7(9)5-11-8/h5-6H,3-4,9H2,1-2H3. The summed E-state index contributed by atoms with van der Waals surface area (Å²) < 4.78 is 0. The number of nitrogens with zero attached hydrogens (tertiary/aromatic N) is 1. The van der Waals surface area contributed by atoms with Gasteiger partial charge in [0, 0.05) is 11.3 Å². The molecule has 1 rings (SSSR count). The van der Waals surface area contributed by atoms with Crippen LogP contribution in [0.5, 0.6) is 0 Å². The Hall–Kier alpha value is -0.570. The van der Waals surface area contributed by atoms with Gasteiger partial charge in [-0.1, -0.05) is 13.8 Å². The molecule has 0 atom stereocenters. The first-order valence-electron chi connectivity index (χ1n) is 3.98. The van der Waals surface area contributed by atoms with Gasteiger partial charge in [0.2, 0.25) is 0 Å². The van der Waals surface area contributed by atoms with Gasteiger partial charge < -0.3 is 5.73 Å². The molecule has 11 heavy (non-hydrogen) atoms. The maximum atomic E-state index is 5.53. The Morgan fingerprint density at radius 2 is 2.18 bits per heavy atom. The van der Waals surface area contributed by atoms with Crippen molar-refractivity contribution in [2.75, 3.05) is 5.73 Å². The first-order chi connectivity index (χ1) is 5.27. The highest BCUT2D eigenvalue weighted by Gasteiger charge is 2.09. The van der Waals surface area contributed by atoms with E-state index in [1.807, 2.05) is 5.38 Å². The van der Waals surface area contributed by atoms with Gasteiger partial charge in [-0.3, -0.25) is 0 Å². The zero-order chi connectivity index (χ0) is 8.27. The molecule has 0 bridgehead atoms. The average Bonchev–Trinajstić information content (AvgIpc) is 2.39. The summed E-state index contributed by atoms with van der Waals surface area (Å²) >= 11 is 1.67. The fourth-order valence-corrected chi connectivity index (χ4v) is 2.10. The van der Waals surface area contributed by atoms with Crippen LogP contribution in [0.15, 0.2) is 5.38 Å². The molecule has 0 aromatic carbocycles. The topological polar surface area (TPSA) is 38.9 Å². The van der Waals surface area contributed by atoms with Crippen LogP contribution < -0.4 is 5.73 Å². The molecular formula is C8H14N2S. The van der Waals surface area contributed by atoms with Gasteiger partial charge in [-0.25, -0.2) is 4.98 Å². The molecule has 2 nitrogen and oxygen atoms in total. The number of thiazole rings is 1. The predicted octanol–water partition coefficient (Wildman–Crippen LogP) is 2.63. The molecule has 1 heterocycles. The van der Waals surface area contributed by atoms with Gasteiger partial charge in [-0.2, -0.15) is 0 Å². The number of hydrogen-bond acceptors (Lipinski definition) is 3. The predicted molar refractivity (Wildman–Crippen MR) is 49.8 cm³/mol. The molecule has 0 aliphatic heterocycles. The number of nitrogens with two attached hydrogens (primary N) is 1. The maximum absolute atomic E-state index is 5.53. The van der Waals surface area contributed by atoms with E-state index in [2.05, 4.69) is 18.8 Å². The number of hydrogen-bond donors (Lipinski definition) is 1. The van der Waals surface area contributed by atoms with Gasteiger partial charge in [0.15, 0.2) is 0 Å². The smallest absolute Gasteiger partial charge is 0.134 e. The molecule has 3 heteroatoms. The van der Waals surface area contributed by atoms with E-state index < -0.39 is 0 Å². The van der Waals surface area contributed by atoms with Crippen molar-refractivity contribution in [1.29, 1.82) is 0 Å². The molecule has 1 aromatic rings. The Balaban J connectivity index is 2.73. The largest absolute Gasteiger partial charge is 0.383 e. The molecule has 62 valence electrons. The monoisotopic (exact) mass is 170 g/mol. The third-order valence-electron chi connectivity index (χ3n) is 1.87. The molecule has 0 fully saturated rings. The van der Waals surface area contributed by atoms with Gasteiger partial charge in [0.05, 0.1) is 5.01 Å². The van der Waals surface area contributed by atoms with Gasteiger partial charge in [-0.15, -0.1) is 11.3 Å². The van der Waals surface area contributed by atoms with Crippen molar-refractivity contribution in [3.8, 4) is 0 Å². The fourth-order valence-electron chi connectivity index (χ4n) is 1.13. The SMILES string of the molecule is CCC(CC)c1nc(N)cs1. The Kier molecular flexibility index (Phi) is 2.88. The summed E-state index contributed by atoms with van der Waals surface area (Å²) in [5.74, 6) is 1.27. The van der Waals surface area contributed by atoms with E-state index in [1.165, 1.54) is 5.01 Å². The van der Waals surface area contributed by atoms with Crippen molar-refractivity contribution in [2.45, 2.75) is 32.6 Å². The number of nitrogen functional groups attached to an aromatic ring is 1. The van der Waals surface area contributed by atoms with E-state index in [1.54, 1.807) is 11.3 Å². The molecule has 0 spiro atoms. The minimum absolute atomic E-state index is 0.609. The maximum Gasteiger partial charge on any atom is 0.134 e. The molecule has 0 aliphatic rings. The van der Waals surface area contributed by atoms with Crippen molar-refractivity contribution in [3.05, 3.63) is 10.4 Å². The average molecular weight is 170 g/mol. The van der Waals surface area contributed by atoms with Crippen LogP contribution in [-0.4, -0.2) is 4.98 Å². The minimum atomic E-state index is 0.609. The summed E-state index contributed by atoms with van der Waals surface area (Å²) in [6.07, 6.45) is 2.31. The molecule has 0 radical (unpaired) electrons. The van der Waals surface area contributed by atoms with Crippen molar-refractivity contribution in [2.24, 2.45) is 0 Å². The Morgan fingerprint density at radius 1 is 1.55 bits per heavy atom. The van der Waals surface area contributed by atoms with Crippen LogP contribution >= 0.6 is 11.3 Å². The minimum Gasteiger partial charge on any atom is -0.383 e. The fraction of sp³-hybridized carbons (Fsp3) is 0.625. The Bertz CT molecular complexity index is 216. The summed E-state index contributed by atoms with van der Waals surface area (Å²) in [4.78, 5) is 4.25. The van der Waals surface area contributed by atoms with E-state index in [4.69, 9.17) is 5.73 Å². The second-order valence-corrected chi connectivity index (χ2v) is 3.51. The van der Waals surface area contributed by atoms with Crippen LogP contribution in [0.1, 0.15) is 37.6 Å². The molecule has 0 saturated carbocycles. The van der Waals surface area contributed by atoms with E-state index in [0.717, 1.165) is 12.8 Å². The van der Waals surface area contributed by atoms with Crippen molar-refractivity contribution in [3.63, 3.8) is 0 Å². The van der Waals surface area contributed by atoms with Gasteiger partial charge in [0.1, 0.15) is 5.82 Å². The van der Waals surface area contributed by atoms with Crippen LogP contribution in [0, 0.1) is 0 Å². The van der Waals surface area contributed by atoms with E-state index in [9.17, 15) is 0 Å². The highest BCUT2D eigenvalue weighted by molar-refractivity contribution is 7.10. The van der Waals surface area contributed by atoms with Crippen LogP contribution in [0.25, 0.3) is 0 Å². The number of anilines is 1. The van der Waals surface area contributed by atoms with Gasteiger partial charge in [-0.05, 0) is 12.8 Å². The quantitative estimate of drug-likeness (QED) is 0.757. The Morgan fingerprint density at radius 3 is 2.55 bits per heavy atom. The lowest BCUT2D eigenvalue weighted by atomic mass is 10.1. The molecule has 0 aliphatic carbocycles. The summed E-state index contributed by atoms with van der Waals surface area (Å²) in [5.41, 5.74) is 5.53. The highest BCUT2D eigenvalue weighted by atomic mass is 32.1. The summed E-state index contributed by atoms with van der Waals surface area (Å²) in [5, 5.41) is 3.10. The second kappa shape index (κ2) is 3.72. The van der Waals surface area contributed by atoms with Crippen molar-refractivity contribution < 1.29 is 0 Å². The van der Waals surface area contributed by atoms with E-state index in [0.29, 0.717) is 11.7 Å². The first-order valence-corrected chi connectivity index (χ1v) is 4.86. The van der Waals surface area contributed by atoms with Crippen LogP contribution in [0.3, 0.4) is 0 Å². The lowest BCUT2D eigenvalue weighted by Gasteiger charge is -2.06. The second-order valence-electron chi connectivity index (χ2n) is 2.62. The molecular weight excluding hydrogens is 156 g/mol. The van der Waals surface area contributed by atoms with Crippen molar-refractivity contribution in [1.82, 2.24) is 4.98 Å². The zero-order valence-electron chi connectivity index (χ0n) is 7.00. The van der Waals surface area contributed by atoms with Crippen molar-refractivity contribution >= 4 is 17.2 Å². The van der Waals surface area contributed by atoms with E-state index in [-0.39, 0.29) is 0 Å². The van der Waals surface area contributed by atoms with Crippen LogP contribution in [0.4, 0.5) is 5.82 Å². The number of aromatic nitrogens is 1. The summed E-state index contributed by atoms with van der Waals surface area (Å²) in [7, 11) is 0. The molecule has 2 N–H and O–H groups in total. The molecule has 0 saturated heterocycles. The summed E-state index contributed by atoms with van der Waals surface area (Å²) in [6.45, 7) is 4.37. The molecule has 0 amide bonds. The lowest BCUT2D eigenvalue weighted by Crippen LogP contribution is -1.94. The normalized spacial score (nSPS) is 10.8. The third kappa shape index (κ3) is 1.93. The number of rotatable bonds is 3. The van der Waals surface area contributed by atoms with Crippen LogP contribution in [-0.2, 0) is 0 Å². The molecule has 1 aromatic heterocycles. The first kappa shape index (κ1) is 8.53. The van der Waals surface area contributed by atoms with Gasteiger partial charge in [0.25, 0.3) is 0 Å². The highest BCUT2D eigenvalue weighted by Crippen LogP contribution is 2.26. The van der Waals surface area contributed by atoms with E-state index >= 15 is 0 Å². The Labute approximate surface area is 71.5 Å². The third-order valence-corrected chi connectivity index (χ3v) is 2.90.